The Morgan fingerprint density at radius 2 is 1.75 bits per heavy atom. The Labute approximate surface area is 100 Å². The third kappa shape index (κ3) is 2.43. The van der Waals surface area contributed by atoms with Crippen LogP contribution in [0.3, 0.4) is 0 Å². The van der Waals surface area contributed by atoms with Gasteiger partial charge in [0.2, 0.25) is 0 Å². The molecule has 2 nitrogen and oxygen atoms in total. The van der Waals surface area contributed by atoms with Crippen LogP contribution in [0.4, 0.5) is 0 Å². The molecule has 2 fully saturated rings. The second-order valence-corrected chi connectivity index (χ2v) is 6.17. The van der Waals surface area contributed by atoms with Gasteiger partial charge >= 0.3 is 0 Å². The zero-order valence-corrected chi connectivity index (χ0v) is 11.0. The molecule has 94 valence electrons. The maximum absolute atomic E-state index is 10.2. The van der Waals surface area contributed by atoms with Crippen LogP contribution in [-0.2, 0) is 0 Å². The van der Waals surface area contributed by atoms with Gasteiger partial charge in [-0.15, -0.1) is 0 Å². The fraction of sp³-hybridized carbons (Fsp3) is 1.00. The number of nitrogens with zero attached hydrogens (tertiary/aromatic N) is 1. The smallest absolute Gasteiger partial charge is 0.0695 e. The highest BCUT2D eigenvalue weighted by atomic mass is 16.3. The molecule has 0 bridgehead atoms. The molecule has 5 atom stereocenters. The van der Waals surface area contributed by atoms with Crippen molar-refractivity contribution in [3.63, 3.8) is 0 Å². The van der Waals surface area contributed by atoms with E-state index in [0.29, 0.717) is 12.1 Å². The molecule has 0 radical (unpaired) electrons. The van der Waals surface area contributed by atoms with Crippen LogP contribution in [0.15, 0.2) is 0 Å². The summed E-state index contributed by atoms with van der Waals surface area (Å²) in [4.78, 5) is 2.60. The fourth-order valence-corrected chi connectivity index (χ4v) is 3.68. The average molecular weight is 225 g/mol. The molecule has 0 aromatic rings. The van der Waals surface area contributed by atoms with E-state index >= 15 is 0 Å². The molecular formula is C14H27NO. The molecule has 2 aliphatic rings. The van der Waals surface area contributed by atoms with Crippen molar-refractivity contribution in [1.82, 2.24) is 4.90 Å². The summed E-state index contributed by atoms with van der Waals surface area (Å²) in [5.41, 5.74) is 0. The van der Waals surface area contributed by atoms with E-state index < -0.39 is 0 Å². The van der Waals surface area contributed by atoms with Gasteiger partial charge in [0, 0.05) is 18.6 Å². The number of aliphatic hydroxyl groups excluding tert-OH is 1. The minimum Gasteiger partial charge on any atom is -0.391 e. The summed E-state index contributed by atoms with van der Waals surface area (Å²) in [5.74, 6) is 1.57. The number of rotatable bonds is 1. The molecule has 2 heteroatoms. The molecule has 1 N–H and O–H groups in total. The normalized spacial score (nSPS) is 46.9. The van der Waals surface area contributed by atoms with Gasteiger partial charge in [0.05, 0.1) is 6.10 Å². The van der Waals surface area contributed by atoms with Crippen molar-refractivity contribution >= 4 is 0 Å². The van der Waals surface area contributed by atoms with Crippen molar-refractivity contribution in [3.8, 4) is 0 Å². The summed E-state index contributed by atoms with van der Waals surface area (Å²) in [6.45, 7) is 8.25. The number of piperidine rings is 1. The van der Waals surface area contributed by atoms with Gasteiger partial charge in [-0.25, -0.2) is 0 Å². The van der Waals surface area contributed by atoms with Crippen molar-refractivity contribution in [2.24, 2.45) is 11.8 Å². The zero-order valence-electron chi connectivity index (χ0n) is 11.0. The first-order chi connectivity index (χ1) is 7.59. The summed E-state index contributed by atoms with van der Waals surface area (Å²) in [6, 6.07) is 1.09. The van der Waals surface area contributed by atoms with E-state index in [-0.39, 0.29) is 6.10 Å². The van der Waals surface area contributed by atoms with Crippen molar-refractivity contribution in [2.45, 2.75) is 71.1 Å². The summed E-state index contributed by atoms with van der Waals surface area (Å²) in [7, 11) is 0. The van der Waals surface area contributed by atoms with Gasteiger partial charge in [0.15, 0.2) is 0 Å². The van der Waals surface area contributed by atoms with Crippen LogP contribution in [0, 0.1) is 11.8 Å². The predicted octanol–water partition coefficient (Wildman–Crippen LogP) is 2.66. The largest absolute Gasteiger partial charge is 0.391 e. The Morgan fingerprint density at radius 3 is 2.44 bits per heavy atom. The lowest BCUT2D eigenvalue weighted by atomic mass is 9.82. The fourth-order valence-electron chi connectivity index (χ4n) is 3.68. The highest BCUT2D eigenvalue weighted by Crippen LogP contribution is 2.33. The zero-order chi connectivity index (χ0) is 11.7. The number of aliphatic hydroxyl groups is 1. The molecule has 0 aromatic carbocycles. The molecule has 0 aromatic heterocycles. The third-order valence-corrected chi connectivity index (χ3v) is 4.76. The lowest BCUT2D eigenvalue weighted by Crippen LogP contribution is -2.55. The van der Waals surface area contributed by atoms with Crippen molar-refractivity contribution in [1.29, 1.82) is 0 Å². The van der Waals surface area contributed by atoms with Crippen LogP contribution >= 0.6 is 0 Å². The molecule has 2 rings (SSSR count). The van der Waals surface area contributed by atoms with Crippen LogP contribution in [0.2, 0.25) is 0 Å². The van der Waals surface area contributed by atoms with E-state index in [2.05, 4.69) is 25.7 Å². The first-order valence-corrected chi connectivity index (χ1v) is 7.03. The Balaban J connectivity index is 2.05. The van der Waals surface area contributed by atoms with E-state index in [1.54, 1.807) is 0 Å². The van der Waals surface area contributed by atoms with Gasteiger partial charge in [0.25, 0.3) is 0 Å². The van der Waals surface area contributed by atoms with Gasteiger partial charge in [-0.2, -0.15) is 0 Å². The minimum atomic E-state index is -0.0753. The molecule has 1 saturated heterocycles. The molecule has 1 heterocycles. The van der Waals surface area contributed by atoms with Gasteiger partial charge in [-0.3, -0.25) is 4.90 Å². The monoisotopic (exact) mass is 225 g/mol. The third-order valence-electron chi connectivity index (χ3n) is 4.76. The topological polar surface area (TPSA) is 23.5 Å². The second kappa shape index (κ2) is 5.05. The SMILES string of the molecule is CC1CC(C)C(C)N(C2CCCCC2O)C1. The standard InChI is InChI=1S/C14H27NO/c1-10-8-11(2)12(3)15(9-10)13-6-4-5-7-14(13)16/h10-14,16H,4-9H2,1-3H3. The van der Waals surface area contributed by atoms with Crippen molar-refractivity contribution < 1.29 is 5.11 Å². The second-order valence-electron chi connectivity index (χ2n) is 6.17. The molecule has 16 heavy (non-hydrogen) atoms. The maximum atomic E-state index is 10.2. The summed E-state index contributed by atoms with van der Waals surface area (Å²) >= 11 is 0. The molecule has 0 spiro atoms. The van der Waals surface area contributed by atoms with Crippen LogP contribution in [-0.4, -0.2) is 34.7 Å². The predicted molar refractivity (Wildman–Crippen MR) is 67.4 cm³/mol. The van der Waals surface area contributed by atoms with Crippen LogP contribution in [0.5, 0.6) is 0 Å². The van der Waals surface area contributed by atoms with Gasteiger partial charge < -0.3 is 5.11 Å². The van der Waals surface area contributed by atoms with Crippen molar-refractivity contribution in [2.75, 3.05) is 6.54 Å². The van der Waals surface area contributed by atoms with Gasteiger partial charge in [-0.1, -0.05) is 26.7 Å². The van der Waals surface area contributed by atoms with E-state index in [1.807, 2.05) is 0 Å². The first-order valence-electron chi connectivity index (χ1n) is 7.03. The number of hydrogen-bond acceptors (Lipinski definition) is 2. The Bertz CT molecular complexity index is 231. The quantitative estimate of drug-likeness (QED) is 0.741. The maximum Gasteiger partial charge on any atom is 0.0695 e. The van der Waals surface area contributed by atoms with Crippen LogP contribution in [0.25, 0.3) is 0 Å². The van der Waals surface area contributed by atoms with E-state index in [1.165, 1.54) is 32.2 Å². The van der Waals surface area contributed by atoms with E-state index in [4.69, 9.17) is 0 Å². The Hall–Kier alpha value is -0.0800. The average Bonchev–Trinajstić information content (AvgIpc) is 2.24. The highest BCUT2D eigenvalue weighted by molar-refractivity contribution is 4.91. The highest BCUT2D eigenvalue weighted by Gasteiger charge is 2.37. The molecule has 1 aliphatic heterocycles. The van der Waals surface area contributed by atoms with Crippen molar-refractivity contribution in [3.05, 3.63) is 0 Å². The molecule has 5 unspecified atom stereocenters. The summed E-state index contributed by atoms with van der Waals surface area (Å²) in [6.07, 6.45) is 5.99. The molecule has 1 aliphatic carbocycles. The van der Waals surface area contributed by atoms with E-state index in [0.717, 1.165) is 18.3 Å². The minimum absolute atomic E-state index is 0.0753. The molecular weight excluding hydrogens is 198 g/mol. The lowest BCUT2D eigenvalue weighted by molar-refractivity contribution is -0.0372. The number of likely N-dealkylation sites (tertiary alicyclic amines) is 1. The summed E-state index contributed by atoms with van der Waals surface area (Å²) < 4.78 is 0. The Morgan fingerprint density at radius 1 is 1.06 bits per heavy atom. The molecule has 1 saturated carbocycles. The number of hydrogen-bond donors (Lipinski definition) is 1. The van der Waals surface area contributed by atoms with Gasteiger partial charge in [-0.05, 0) is 38.0 Å². The van der Waals surface area contributed by atoms with E-state index in [9.17, 15) is 5.11 Å². The Kier molecular flexibility index (Phi) is 3.91. The molecule has 0 amide bonds. The van der Waals surface area contributed by atoms with Crippen LogP contribution < -0.4 is 0 Å². The lowest BCUT2D eigenvalue weighted by Gasteiger charge is -2.48. The summed E-state index contributed by atoms with van der Waals surface area (Å²) in [5, 5.41) is 10.2. The van der Waals surface area contributed by atoms with Gasteiger partial charge in [0.1, 0.15) is 0 Å². The first kappa shape index (κ1) is 12.4. The van der Waals surface area contributed by atoms with Crippen LogP contribution in [0.1, 0.15) is 52.9 Å².